The first-order valence-electron chi connectivity index (χ1n) is 8.95. The van der Waals surface area contributed by atoms with E-state index in [-0.39, 0.29) is 12.5 Å². The molecule has 2 aliphatic rings. The van der Waals surface area contributed by atoms with Gasteiger partial charge in [-0.2, -0.15) is 4.31 Å². The van der Waals surface area contributed by atoms with Crippen LogP contribution in [0.4, 0.5) is 4.79 Å². The lowest BCUT2D eigenvalue weighted by Crippen LogP contribution is -2.58. The number of piperidine rings is 1. The van der Waals surface area contributed by atoms with Gasteiger partial charge in [-0.25, -0.2) is 13.2 Å². The average Bonchev–Trinajstić information content (AvgIpc) is 2.62. The molecule has 0 unspecified atom stereocenters. The Bertz CT molecular complexity index is 770. The van der Waals surface area contributed by atoms with Crippen LogP contribution in [0.5, 0.6) is 0 Å². The van der Waals surface area contributed by atoms with Crippen molar-refractivity contribution in [3.05, 3.63) is 29.8 Å². The molecule has 1 amide bonds. The van der Waals surface area contributed by atoms with Gasteiger partial charge in [0.05, 0.1) is 17.1 Å². The minimum atomic E-state index is -3.60. The van der Waals surface area contributed by atoms with Gasteiger partial charge in [-0.1, -0.05) is 26.0 Å². The van der Waals surface area contributed by atoms with Crippen LogP contribution in [0.3, 0.4) is 0 Å². The van der Waals surface area contributed by atoms with Crippen LogP contribution in [-0.4, -0.2) is 67.2 Å². The van der Waals surface area contributed by atoms with E-state index in [0.717, 1.165) is 5.56 Å². The summed E-state index contributed by atoms with van der Waals surface area (Å²) < 4.78 is 33.7. The number of carbonyl (C=O) groups is 1. The number of sulfonamides is 1. The second kappa shape index (κ2) is 7.17. The van der Waals surface area contributed by atoms with Crippen LogP contribution >= 0.6 is 0 Å². The number of hydrogen-bond donors (Lipinski definition) is 1. The molecule has 2 heterocycles. The van der Waals surface area contributed by atoms with Gasteiger partial charge < -0.3 is 14.7 Å². The Morgan fingerprint density at radius 2 is 1.92 bits per heavy atom. The highest BCUT2D eigenvalue weighted by atomic mass is 32.2. The smallest absolute Gasteiger partial charge is 0.407 e. The number of benzene rings is 1. The fraction of sp³-hybridized carbons (Fsp3) is 0.611. The summed E-state index contributed by atoms with van der Waals surface area (Å²) in [5, 5.41) is 9.10. The maximum atomic E-state index is 13.1. The summed E-state index contributed by atoms with van der Waals surface area (Å²) in [5.74, 6) is 0.251. The molecular weight excluding hydrogens is 356 g/mol. The van der Waals surface area contributed by atoms with Gasteiger partial charge in [-0.3, -0.25) is 0 Å². The predicted molar refractivity (Wildman–Crippen MR) is 96.8 cm³/mol. The SMILES string of the molecule is CC(C)c1cccc(S(=O)(=O)N2CCOC3(CCN(C(=O)O)CC3)C2)c1. The highest BCUT2D eigenvalue weighted by Crippen LogP contribution is 2.33. The Hall–Kier alpha value is -1.64. The second-order valence-corrected chi connectivity index (χ2v) is 9.30. The van der Waals surface area contributed by atoms with Crippen molar-refractivity contribution in [3.63, 3.8) is 0 Å². The standard InChI is InChI=1S/C18H26N2O5S/c1-14(2)15-4-3-5-16(12-15)26(23,24)20-10-11-25-18(13-20)6-8-19(9-7-18)17(21)22/h3-5,12,14H,6-11,13H2,1-2H3,(H,21,22). The maximum absolute atomic E-state index is 13.1. The third kappa shape index (κ3) is 3.72. The summed E-state index contributed by atoms with van der Waals surface area (Å²) in [6.45, 7) is 5.72. The molecule has 0 bridgehead atoms. The zero-order valence-corrected chi connectivity index (χ0v) is 16.0. The van der Waals surface area contributed by atoms with Crippen LogP contribution in [0.2, 0.25) is 0 Å². The van der Waals surface area contributed by atoms with E-state index in [1.807, 2.05) is 19.9 Å². The van der Waals surface area contributed by atoms with E-state index in [1.165, 1.54) is 9.21 Å². The van der Waals surface area contributed by atoms with Gasteiger partial charge in [0.15, 0.2) is 0 Å². The molecule has 0 aliphatic carbocycles. The van der Waals surface area contributed by atoms with E-state index in [2.05, 4.69) is 0 Å². The fourth-order valence-corrected chi connectivity index (χ4v) is 5.16. The topological polar surface area (TPSA) is 87.2 Å². The third-order valence-corrected chi connectivity index (χ3v) is 7.16. The van der Waals surface area contributed by atoms with Crippen molar-refractivity contribution in [1.82, 2.24) is 9.21 Å². The van der Waals surface area contributed by atoms with E-state index < -0.39 is 21.7 Å². The molecule has 2 fully saturated rings. The van der Waals surface area contributed by atoms with Gasteiger partial charge in [0, 0.05) is 26.2 Å². The summed E-state index contributed by atoms with van der Waals surface area (Å²) in [6, 6.07) is 7.10. The van der Waals surface area contributed by atoms with Gasteiger partial charge in [0.2, 0.25) is 10.0 Å². The molecule has 26 heavy (non-hydrogen) atoms. The normalized spacial score (nSPS) is 21.3. The second-order valence-electron chi connectivity index (χ2n) is 7.37. The minimum Gasteiger partial charge on any atom is -0.465 e. The van der Waals surface area contributed by atoms with Crippen molar-refractivity contribution in [1.29, 1.82) is 0 Å². The third-order valence-electron chi connectivity index (χ3n) is 5.32. The summed E-state index contributed by atoms with van der Waals surface area (Å²) in [5.41, 5.74) is 0.399. The summed E-state index contributed by atoms with van der Waals surface area (Å²) in [4.78, 5) is 12.8. The van der Waals surface area contributed by atoms with Gasteiger partial charge in [0.25, 0.3) is 0 Å². The summed E-state index contributed by atoms with van der Waals surface area (Å²) in [6.07, 6.45) is 0.0833. The number of likely N-dealkylation sites (tertiary alicyclic amines) is 1. The first kappa shape index (κ1) is 19.1. The van der Waals surface area contributed by atoms with Gasteiger partial charge in [-0.15, -0.1) is 0 Å². The van der Waals surface area contributed by atoms with Crippen molar-refractivity contribution in [3.8, 4) is 0 Å². The molecule has 7 nitrogen and oxygen atoms in total. The quantitative estimate of drug-likeness (QED) is 0.867. The average molecular weight is 382 g/mol. The number of morpholine rings is 1. The first-order chi connectivity index (χ1) is 12.2. The predicted octanol–water partition coefficient (Wildman–Crippen LogP) is 2.34. The van der Waals surface area contributed by atoms with Crippen molar-refractivity contribution in [2.45, 2.75) is 43.1 Å². The number of rotatable bonds is 3. The molecule has 1 spiro atoms. The monoisotopic (exact) mass is 382 g/mol. The molecule has 8 heteroatoms. The molecule has 0 saturated carbocycles. The Morgan fingerprint density at radius 1 is 1.23 bits per heavy atom. The van der Waals surface area contributed by atoms with E-state index in [4.69, 9.17) is 9.84 Å². The van der Waals surface area contributed by atoms with Crippen LogP contribution in [-0.2, 0) is 14.8 Å². The lowest BCUT2D eigenvalue weighted by molar-refractivity contribution is -0.116. The van der Waals surface area contributed by atoms with Gasteiger partial charge in [0.1, 0.15) is 0 Å². The largest absolute Gasteiger partial charge is 0.465 e. The van der Waals surface area contributed by atoms with Crippen LogP contribution in [0.25, 0.3) is 0 Å². The molecular formula is C18H26N2O5S. The fourth-order valence-electron chi connectivity index (χ4n) is 3.61. The van der Waals surface area contributed by atoms with E-state index in [1.54, 1.807) is 18.2 Å². The molecule has 144 valence electrons. The van der Waals surface area contributed by atoms with Crippen molar-refractivity contribution in [2.75, 3.05) is 32.8 Å². The summed E-state index contributed by atoms with van der Waals surface area (Å²) >= 11 is 0. The number of ether oxygens (including phenoxy) is 1. The van der Waals surface area contributed by atoms with Crippen molar-refractivity contribution in [2.24, 2.45) is 0 Å². The number of carboxylic acid groups (broad SMARTS) is 1. The Labute approximate surface area is 154 Å². The Morgan fingerprint density at radius 3 is 2.54 bits per heavy atom. The van der Waals surface area contributed by atoms with Gasteiger partial charge in [-0.05, 0) is 36.5 Å². The van der Waals surface area contributed by atoms with E-state index >= 15 is 0 Å². The van der Waals surface area contributed by atoms with Crippen LogP contribution in [0, 0.1) is 0 Å². The van der Waals surface area contributed by atoms with E-state index in [0.29, 0.717) is 44.0 Å². The Kier molecular flexibility index (Phi) is 5.28. The van der Waals surface area contributed by atoms with Crippen LogP contribution in [0.15, 0.2) is 29.2 Å². The van der Waals surface area contributed by atoms with Crippen molar-refractivity contribution < 1.29 is 23.1 Å². The maximum Gasteiger partial charge on any atom is 0.407 e. The highest BCUT2D eigenvalue weighted by Gasteiger charge is 2.43. The molecule has 1 aromatic rings. The number of amides is 1. The lowest BCUT2D eigenvalue weighted by Gasteiger charge is -2.46. The molecule has 0 atom stereocenters. The zero-order valence-electron chi connectivity index (χ0n) is 15.2. The molecule has 3 rings (SSSR count). The summed E-state index contributed by atoms with van der Waals surface area (Å²) in [7, 11) is -3.60. The Balaban J connectivity index is 1.79. The van der Waals surface area contributed by atoms with Gasteiger partial charge >= 0.3 is 6.09 Å². The first-order valence-corrected chi connectivity index (χ1v) is 10.4. The molecule has 0 radical (unpaired) electrons. The molecule has 2 aliphatic heterocycles. The molecule has 1 aromatic carbocycles. The highest BCUT2D eigenvalue weighted by molar-refractivity contribution is 7.89. The zero-order chi connectivity index (χ0) is 18.9. The number of nitrogens with zero attached hydrogens (tertiary/aromatic N) is 2. The molecule has 0 aromatic heterocycles. The van der Waals surface area contributed by atoms with Crippen molar-refractivity contribution >= 4 is 16.1 Å². The minimum absolute atomic E-state index is 0.251. The van der Waals surface area contributed by atoms with E-state index in [9.17, 15) is 13.2 Å². The van der Waals surface area contributed by atoms with Crippen LogP contribution < -0.4 is 0 Å². The lowest BCUT2D eigenvalue weighted by atomic mass is 9.90. The van der Waals surface area contributed by atoms with Crippen LogP contribution in [0.1, 0.15) is 38.2 Å². The molecule has 2 saturated heterocycles. The number of hydrogen-bond acceptors (Lipinski definition) is 4. The molecule has 1 N–H and O–H groups in total.